The van der Waals surface area contributed by atoms with Crippen LogP contribution in [0.15, 0.2) is 0 Å². The zero-order valence-electron chi connectivity index (χ0n) is 12.3. The number of fused-ring (bicyclic) bond motifs is 1. The number of rotatable bonds is 5. The minimum atomic E-state index is -0.711. The molecule has 0 aromatic heterocycles. The van der Waals surface area contributed by atoms with Crippen molar-refractivity contribution in [2.45, 2.75) is 51.2 Å². The first-order valence-electron chi connectivity index (χ1n) is 7.79. The molecule has 4 unspecified atom stereocenters. The van der Waals surface area contributed by atoms with Gasteiger partial charge < -0.3 is 15.1 Å². The van der Waals surface area contributed by atoms with E-state index in [0.29, 0.717) is 23.5 Å². The predicted molar refractivity (Wildman–Crippen MR) is 81.7 cm³/mol. The maximum Gasteiger partial charge on any atom is 0.232 e. The summed E-state index contributed by atoms with van der Waals surface area (Å²) in [6, 6.07) is 0.448. The van der Waals surface area contributed by atoms with Crippen molar-refractivity contribution in [1.29, 1.82) is 0 Å². The van der Waals surface area contributed by atoms with Gasteiger partial charge in [0.15, 0.2) is 0 Å². The van der Waals surface area contributed by atoms with Gasteiger partial charge in [0.25, 0.3) is 0 Å². The Bertz CT molecular complexity index is 326. The zero-order chi connectivity index (χ0) is 14.5. The molecule has 5 heteroatoms. The van der Waals surface area contributed by atoms with E-state index in [9.17, 15) is 9.90 Å². The fourth-order valence-corrected chi connectivity index (χ4v) is 4.48. The number of hydrogen-bond donors (Lipinski definition) is 2. The minimum Gasteiger partial charge on any atom is -0.394 e. The number of nitrogens with zero attached hydrogens (tertiary/aromatic N) is 1. The van der Waals surface area contributed by atoms with Crippen LogP contribution < -0.4 is 0 Å². The molecule has 1 aliphatic carbocycles. The Morgan fingerprint density at radius 3 is 2.85 bits per heavy atom. The predicted octanol–water partition coefficient (Wildman–Crippen LogP) is 1.50. The van der Waals surface area contributed by atoms with Crippen molar-refractivity contribution >= 4 is 17.7 Å². The Balaban J connectivity index is 1.85. The molecule has 1 aliphatic heterocycles. The third kappa shape index (κ3) is 3.89. The van der Waals surface area contributed by atoms with E-state index < -0.39 is 6.10 Å². The molecule has 4 atom stereocenters. The summed E-state index contributed by atoms with van der Waals surface area (Å²) >= 11 is 1.43. The molecule has 0 spiro atoms. The van der Waals surface area contributed by atoms with Gasteiger partial charge in [-0.1, -0.05) is 19.8 Å². The van der Waals surface area contributed by atoms with Crippen LogP contribution in [0.4, 0.5) is 0 Å². The van der Waals surface area contributed by atoms with Crippen molar-refractivity contribution < 1.29 is 15.0 Å². The number of hydrogen-bond acceptors (Lipinski definition) is 4. The first kappa shape index (κ1) is 16.1. The van der Waals surface area contributed by atoms with E-state index in [4.69, 9.17) is 5.11 Å². The van der Waals surface area contributed by atoms with Crippen molar-refractivity contribution in [1.82, 2.24) is 4.90 Å². The smallest absolute Gasteiger partial charge is 0.232 e. The van der Waals surface area contributed by atoms with E-state index in [0.717, 1.165) is 25.3 Å². The molecule has 2 rings (SSSR count). The van der Waals surface area contributed by atoms with Crippen LogP contribution >= 0.6 is 11.8 Å². The molecular formula is C15H27NO3S. The van der Waals surface area contributed by atoms with Crippen molar-refractivity contribution in [3.63, 3.8) is 0 Å². The second-order valence-corrected chi connectivity index (χ2v) is 7.25. The van der Waals surface area contributed by atoms with Gasteiger partial charge in [-0.25, -0.2) is 0 Å². The summed E-state index contributed by atoms with van der Waals surface area (Å²) in [6.07, 6.45) is 5.39. The van der Waals surface area contributed by atoms with Crippen LogP contribution in [0, 0.1) is 11.8 Å². The molecule has 2 N–H and O–H groups in total. The largest absolute Gasteiger partial charge is 0.394 e. The first-order valence-corrected chi connectivity index (χ1v) is 8.95. The number of amides is 1. The Morgan fingerprint density at radius 2 is 2.10 bits per heavy atom. The number of carbonyl (C=O) groups is 1. The third-order valence-electron chi connectivity index (χ3n) is 4.81. The van der Waals surface area contributed by atoms with Gasteiger partial charge in [-0.05, 0) is 31.1 Å². The molecule has 20 heavy (non-hydrogen) atoms. The van der Waals surface area contributed by atoms with Crippen molar-refractivity contribution in [2.75, 3.05) is 24.7 Å². The topological polar surface area (TPSA) is 60.8 Å². The van der Waals surface area contributed by atoms with E-state index in [-0.39, 0.29) is 12.5 Å². The highest BCUT2D eigenvalue weighted by Gasteiger charge is 2.39. The lowest BCUT2D eigenvalue weighted by Gasteiger charge is -2.47. The maximum absolute atomic E-state index is 12.4. The van der Waals surface area contributed by atoms with Gasteiger partial charge in [0.2, 0.25) is 5.91 Å². The molecule has 0 radical (unpaired) electrons. The fraction of sp³-hybridized carbons (Fsp3) is 0.933. The van der Waals surface area contributed by atoms with Crippen LogP contribution in [-0.4, -0.2) is 57.8 Å². The van der Waals surface area contributed by atoms with Gasteiger partial charge in [-0.3, -0.25) is 4.79 Å². The first-order chi connectivity index (χ1) is 9.63. The number of aliphatic hydroxyl groups excluding tert-OH is 2. The van der Waals surface area contributed by atoms with Crippen LogP contribution in [-0.2, 0) is 4.79 Å². The molecule has 0 aromatic rings. The molecule has 0 bridgehead atoms. The van der Waals surface area contributed by atoms with Crippen LogP contribution in [0.25, 0.3) is 0 Å². The van der Waals surface area contributed by atoms with Crippen LogP contribution in [0.2, 0.25) is 0 Å². The van der Waals surface area contributed by atoms with E-state index in [2.05, 4.69) is 11.8 Å². The highest BCUT2D eigenvalue weighted by Crippen LogP contribution is 2.38. The molecule has 0 aromatic carbocycles. The van der Waals surface area contributed by atoms with E-state index in [1.54, 1.807) is 0 Å². The third-order valence-corrected chi connectivity index (χ3v) is 5.88. The van der Waals surface area contributed by atoms with E-state index in [1.165, 1.54) is 31.0 Å². The summed E-state index contributed by atoms with van der Waals surface area (Å²) in [4.78, 5) is 14.5. The monoisotopic (exact) mass is 301 g/mol. The number of thioether (sulfide) groups is 1. The Hall–Kier alpha value is -0.260. The summed E-state index contributed by atoms with van der Waals surface area (Å²) in [5.41, 5.74) is 0. The molecule has 1 saturated carbocycles. The van der Waals surface area contributed by atoms with Gasteiger partial charge >= 0.3 is 0 Å². The molecule has 1 saturated heterocycles. The average molecular weight is 301 g/mol. The zero-order valence-corrected chi connectivity index (χ0v) is 13.1. The second kappa shape index (κ2) is 7.66. The average Bonchev–Trinajstić information content (AvgIpc) is 2.47. The highest BCUT2D eigenvalue weighted by molar-refractivity contribution is 7.99. The molecule has 2 aliphatic rings. The lowest BCUT2D eigenvalue weighted by atomic mass is 9.72. The van der Waals surface area contributed by atoms with E-state index >= 15 is 0 Å². The Morgan fingerprint density at radius 1 is 1.35 bits per heavy atom. The quantitative estimate of drug-likeness (QED) is 0.808. The summed E-state index contributed by atoms with van der Waals surface area (Å²) < 4.78 is 0. The van der Waals surface area contributed by atoms with Crippen molar-refractivity contribution in [2.24, 2.45) is 11.8 Å². The molecule has 1 amide bonds. The molecule has 116 valence electrons. The number of likely N-dealkylation sites (tertiary alicyclic amines) is 1. The van der Waals surface area contributed by atoms with E-state index in [1.807, 2.05) is 0 Å². The standard InChI is InChI=1S/C15H27NO3S/c1-11-6-7-16(14-5-3-2-4-13(11)14)15(19)10-20-9-12(18)8-17/h11-14,17-18H,2-10H2,1H3. The molecular weight excluding hydrogens is 274 g/mol. The molecule has 4 nitrogen and oxygen atoms in total. The van der Waals surface area contributed by atoms with Crippen molar-refractivity contribution in [3.8, 4) is 0 Å². The minimum absolute atomic E-state index is 0.212. The van der Waals surface area contributed by atoms with Gasteiger partial charge in [0.1, 0.15) is 0 Å². The van der Waals surface area contributed by atoms with Crippen LogP contribution in [0.5, 0.6) is 0 Å². The second-order valence-electron chi connectivity index (χ2n) is 6.22. The lowest BCUT2D eigenvalue weighted by Crippen LogP contribution is -2.52. The fourth-order valence-electron chi connectivity index (χ4n) is 3.64. The number of aliphatic hydroxyl groups is 2. The Labute approximate surface area is 125 Å². The number of carbonyl (C=O) groups excluding carboxylic acids is 1. The van der Waals surface area contributed by atoms with Gasteiger partial charge in [-0.2, -0.15) is 0 Å². The van der Waals surface area contributed by atoms with Crippen LogP contribution in [0.3, 0.4) is 0 Å². The van der Waals surface area contributed by atoms with Gasteiger partial charge in [-0.15, -0.1) is 11.8 Å². The number of piperidine rings is 1. The SMILES string of the molecule is CC1CCN(C(=O)CSCC(O)CO)C2CCCCC12. The molecule has 1 heterocycles. The van der Waals surface area contributed by atoms with Gasteiger partial charge in [0.05, 0.1) is 18.5 Å². The van der Waals surface area contributed by atoms with Crippen molar-refractivity contribution in [3.05, 3.63) is 0 Å². The van der Waals surface area contributed by atoms with Gasteiger partial charge in [0, 0.05) is 18.3 Å². The highest BCUT2D eigenvalue weighted by atomic mass is 32.2. The summed E-state index contributed by atoms with van der Waals surface area (Å²) in [7, 11) is 0. The molecule has 2 fully saturated rings. The Kier molecular flexibility index (Phi) is 6.18. The lowest BCUT2D eigenvalue weighted by molar-refractivity contribution is -0.136. The normalized spacial score (nSPS) is 31.8. The summed E-state index contributed by atoms with van der Waals surface area (Å²) in [6.45, 7) is 2.99. The summed E-state index contributed by atoms with van der Waals surface area (Å²) in [5, 5.41) is 18.1. The maximum atomic E-state index is 12.4. The summed E-state index contributed by atoms with van der Waals surface area (Å²) in [5.74, 6) is 2.50. The van der Waals surface area contributed by atoms with Crippen LogP contribution in [0.1, 0.15) is 39.0 Å².